The molecule has 1 aromatic heterocycles. The first-order valence-electron chi connectivity index (χ1n) is 5.35. The molecular formula is C10H11ClIN3O3. The number of aromatic nitrogens is 2. The maximum absolute atomic E-state index is 12.0. The zero-order valence-electron chi connectivity index (χ0n) is 9.44. The van der Waals surface area contributed by atoms with Gasteiger partial charge in [-0.2, -0.15) is 0 Å². The van der Waals surface area contributed by atoms with Crippen molar-refractivity contribution >= 4 is 40.1 Å². The molecule has 1 aliphatic rings. The lowest BCUT2D eigenvalue weighted by Gasteiger charge is -2.27. The van der Waals surface area contributed by atoms with Gasteiger partial charge in [0.2, 0.25) is 5.91 Å². The molecule has 0 unspecified atom stereocenters. The number of nitrogens with zero attached hydrogens (tertiary/aromatic N) is 3. The molecule has 0 aliphatic carbocycles. The highest BCUT2D eigenvalue weighted by Crippen LogP contribution is 2.09. The van der Waals surface area contributed by atoms with Gasteiger partial charge in [-0.3, -0.25) is 14.2 Å². The fourth-order valence-corrected chi connectivity index (χ4v) is 2.19. The highest BCUT2D eigenvalue weighted by molar-refractivity contribution is 14.1. The summed E-state index contributed by atoms with van der Waals surface area (Å²) in [4.78, 5) is 29.3. The summed E-state index contributed by atoms with van der Waals surface area (Å²) in [5.74, 6) is -0.111. The van der Waals surface area contributed by atoms with Crippen LogP contribution in [0.25, 0.3) is 0 Å². The smallest absolute Gasteiger partial charge is 0.268 e. The van der Waals surface area contributed by atoms with E-state index in [9.17, 15) is 9.59 Å². The molecule has 6 nitrogen and oxygen atoms in total. The molecule has 0 spiro atoms. The van der Waals surface area contributed by atoms with Gasteiger partial charge in [0.25, 0.3) is 5.56 Å². The monoisotopic (exact) mass is 383 g/mol. The highest BCUT2D eigenvalue weighted by Gasteiger charge is 2.18. The van der Waals surface area contributed by atoms with Crippen molar-refractivity contribution < 1.29 is 9.53 Å². The van der Waals surface area contributed by atoms with Crippen molar-refractivity contribution in [3.63, 3.8) is 0 Å². The number of morpholine rings is 1. The lowest BCUT2D eigenvalue weighted by atomic mass is 10.4. The van der Waals surface area contributed by atoms with Gasteiger partial charge < -0.3 is 9.64 Å². The molecule has 2 heterocycles. The van der Waals surface area contributed by atoms with Gasteiger partial charge in [0.05, 0.1) is 19.5 Å². The number of carbonyl (C=O) groups is 1. The van der Waals surface area contributed by atoms with Crippen molar-refractivity contribution in [1.29, 1.82) is 0 Å². The minimum Gasteiger partial charge on any atom is -0.378 e. The van der Waals surface area contributed by atoms with E-state index < -0.39 is 0 Å². The number of carbonyl (C=O) groups excluding carboxylic acids is 1. The van der Waals surface area contributed by atoms with Gasteiger partial charge in [0.1, 0.15) is 15.3 Å². The molecule has 18 heavy (non-hydrogen) atoms. The van der Waals surface area contributed by atoms with E-state index in [0.717, 1.165) is 0 Å². The second-order valence-electron chi connectivity index (χ2n) is 3.78. The fourth-order valence-electron chi connectivity index (χ4n) is 1.61. The maximum atomic E-state index is 12.0. The van der Waals surface area contributed by atoms with E-state index in [4.69, 9.17) is 16.3 Å². The molecule has 0 aromatic carbocycles. The van der Waals surface area contributed by atoms with E-state index in [1.54, 1.807) is 4.90 Å². The summed E-state index contributed by atoms with van der Waals surface area (Å²) in [7, 11) is 0. The summed E-state index contributed by atoms with van der Waals surface area (Å²) in [6.07, 6.45) is 1.30. The van der Waals surface area contributed by atoms with Crippen LogP contribution in [0.1, 0.15) is 0 Å². The van der Waals surface area contributed by atoms with Gasteiger partial charge in [-0.15, -0.1) is 0 Å². The zero-order chi connectivity index (χ0) is 13.1. The number of amides is 1. The first kappa shape index (κ1) is 13.8. The Hall–Kier alpha value is -0.670. The molecule has 2 rings (SSSR count). The summed E-state index contributed by atoms with van der Waals surface area (Å²) in [6, 6.07) is 0. The van der Waals surface area contributed by atoms with Gasteiger partial charge in [0.15, 0.2) is 0 Å². The molecule has 8 heteroatoms. The van der Waals surface area contributed by atoms with Crippen LogP contribution in [-0.4, -0.2) is 46.7 Å². The molecule has 1 fully saturated rings. The normalized spacial score (nSPS) is 15.8. The third-order valence-corrected chi connectivity index (χ3v) is 4.19. The van der Waals surface area contributed by atoms with Crippen LogP contribution in [0.4, 0.5) is 0 Å². The van der Waals surface area contributed by atoms with Gasteiger partial charge >= 0.3 is 0 Å². The van der Waals surface area contributed by atoms with E-state index >= 15 is 0 Å². The molecule has 1 amide bonds. The molecule has 1 aliphatic heterocycles. The van der Waals surface area contributed by atoms with Gasteiger partial charge in [-0.25, -0.2) is 4.98 Å². The molecule has 0 saturated carbocycles. The predicted molar refractivity (Wildman–Crippen MR) is 73.6 cm³/mol. The number of ether oxygens (including phenoxy) is 1. The van der Waals surface area contributed by atoms with Crippen LogP contribution in [0.3, 0.4) is 0 Å². The molecule has 0 radical (unpaired) electrons. The van der Waals surface area contributed by atoms with Crippen LogP contribution >= 0.6 is 34.2 Å². The summed E-state index contributed by atoms with van der Waals surface area (Å²) >= 11 is 7.55. The van der Waals surface area contributed by atoms with Crippen LogP contribution < -0.4 is 5.56 Å². The van der Waals surface area contributed by atoms with Crippen molar-refractivity contribution in [3.8, 4) is 0 Å². The van der Waals surface area contributed by atoms with Crippen molar-refractivity contribution in [2.24, 2.45) is 0 Å². The van der Waals surface area contributed by atoms with E-state index in [1.165, 1.54) is 10.9 Å². The third-order valence-electron chi connectivity index (χ3n) is 2.61. The molecule has 0 bridgehead atoms. The van der Waals surface area contributed by atoms with E-state index in [2.05, 4.69) is 4.98 Å². The van der Waals surface area contributed by atoms with Crippen LogP contribution in [0.2, 0.25) is 5.15 Å². The number of halogens is 2. The van der Waals surface area contributed by atoms with Crippen molar-refractivity contribution in [1.82, 2.24) is 14.5 Å². The van der Waals surface area contributed by atoms with Crippen LogP contribution in [0.5, 0.6) is 0 Å². The number of rotatable bonds is 2. The maximum Gasteiger partial charge on any atom is 0.268 e. The lowest BCUT2D eigenvalue weighted by molar-refractivity contribution is -0.135. The summed E-state index contributed by atoms with van der Waals surface area (Å²) in [5, 5.41) is 0.163. The average Bonchev–Trinajstić information content (AvgIpc) is 2.40. The Morgan fingerprint density at radius 3 is 2.83 bits per heavy atom. The van der Waals surface area contributed by atoms with E-state index in [1.807, 2.05) is 22.6 Å². The minimum absolute atomic E-state index is 0.0149. The first-order valence-corrected chi connectivity index (χ1v) is 6.81. The Bertz CT molecular complexity index is 514. The van der Waals surface area contributed by atoms with Crippen LogP contribution in [0.15, 0.2) is 11.1 Å². The standard InChI is InChI=1S/C10H11ClIN3O3/c11-9-8(12)10(17)15(6-13-9)5-7(16)14-1-3-18-4-2-14/h6H,1-5H2. The summed E-state index contributed by atoms with van der Waals surface area (Å²) < 4.78 is 6.76. The summed E-state index contributed by atoms with van der Waals surface area (Å²) in [5.41, 5.74) is -0.294. The Labute approximate surface area is 122 Å². The molecule has 98 valence electrons. The summed E-state index contributed by atoms with van der Waals surface area (Å²) in [6.45, 7) is 2.18. The van der Waals surface area contributed by atoms with Crippen LogP contribution in [-0.2, 0) is 16.1 Å². The lowest BCUT2D eigenvalue weighted by Crippen LogP contribution is -2.43. The average molecular weight is 384 g/mol. The first-order chi connectivity index (χ1) is 8.59. The highest BCUT2D eigenvalue weighted by atomic mass is 127. The number of hydrogen-bond donors (Lipinski definition) is 0. The second kappa shape index (κ2) is 5.98. The topological polar surface area (TPSA) is 64.4 Å². The largest absolute Gasteiger partial charge is 0.378 e. The zero-order valence-corrected chi connectivity index (χ0v) is 12.3. The molecule has 0 atom stereocenters. The fraction of sp³-hybridized carbons (Fsp3) is 0.500. The molecular weight excluding hydrogens is 372 g/mol. The second-order valence-corrected chi connectivity index (χ2v) is 5.21. The Balaban J connectivity index is 2.12. The van der Waals surface area contributed by atoms with Crippen LogP contribution in [0, 0.1) is 3.57 Å². The Morgan fingerprint density at radius 2 is 2.17 bits per heavy atom. The quantitative estimate of drug-likeness (QED) is 0.546. The third kappa shape index (κ3) is 3.01. The van der Waals surface area contributed by atoms with Gasteiger partial charge in [-0.1, -0.05) is 11.6 Å². The number of hydrogen-bond acceptors (Lipinski definition) is 4. The molecule has 1 aromatic rings. The molecule has 0 N–H and O–H groups in total. The van der Waals surface area contributed by atoms with Crippen molar-refractivity contribution in [2.75, 3.05) is 26.3 Å². The SMILES string of the molecule is O=C(Cn1cnc(Cl)c(I)c1=O)N1CCOCC1. The Morgan fingerprint density at radius 1 is 1.50 bits per heavy atom. The van der Waals surface area contributed by atoms with E-state index in [-0.39, 0.29) is 23.2 Å². The van der Waals surface area contributed by atoms with Crippen molar-refractivity contribution in [2.45, 2.75) is 6.54 Å². The van der Waals surface area contributed by atoms with Gasteiger partial charge in [0, 0.05) is 13.1 Å². The minimum atomic E-state index is -0.294. The van der Waals surface area contributed by atoms with Gasteiger partial charge in [-0.05, 0) is 22.6 Å². The molecule has 1 saturated heterocycles. The van der Waals surface area contributed by atoms with Crippen molar-refractivity contribution in [3.05, 3.63) is 25.4 Å². The Kier molecular flexibility index (Phi) is 4.57. The van der Waals surface area contributed by atoms with E-state index in [0.29, 0.717) is 29.9 Å². The predicted octanol–water partition coefficient (Wildman–Crippen LogP) is 0.360.